The van der Waals surface area contributed by atoms with E-state index in [9.17, 15) is 4.79 Å². The van der Waals surface area contributed by atoms with Crippen molar-refractivity contribution in [1.29, 1.82) is 0 Å². The van der Waals surface area contributed by atoms with E-state index in [0.29, 0.717) is 0 Å². The molecule has 0 aliphatic heterocycles. The van der Waals surface area contributed by atoms with Crippen molar-refractivity contribution in [1.82, 2.24) is 9.55 Å². The molecule has 0 atom stereocenters. The Bertz CT molecular complexity index is 706. The van der Waals surface area contributed by atoms with Crippen molar-refractivity contribution >= 4 is 12.0 Å². The van der Waals surface area contributed by atoms with E-state index in [1.807, 2.05) is 37.4 Å². The number of carboxylic acids is 1. The number of benzene rings is 1. The highest BCUT2D eigenvalue weighted by atomic mass is 16.4. The molecule has 0 aliphatic rings. The van der Waals surface area contributed by atoms with Crippen LogP contribution >= 0.6 is 0 Å². The minimum absolute atomic E-state index is 0.0965. The quantitative estimate of drug-likeness (QED) is 0.627. The van der Waals surface area contributed by atoms with Gasteiger partial charge in [0.2, 0.25) is 0 Å². The second kappa shape index (κ2) is 12.9. The molecule has 148 valence electrons. The van der Waals surface area contributed by atoms with Crippen LogP contribution < -0.4 is 0 Å². The third-order valence-electron chi connectivity index (χ3n) is 4.10. The first-order valence-corrected chi connectivity index (χ1v) is 9.59. The third-order valence-corrected chi connectivity index (χ3v) is 4.10. The van der Waals surface area contributed by atoms with E-state index in [4.69, 9.17) is 10.2 Å². The maximum atomic E-state index is 11.2. The molecule has 2 aromatic rings. The molecule has 0 bridgehead atoms. The summed E-state index contributed by atoms with van der Waals surface area (Å²) in [4.78, 5) is 15.6. The molecule has 5 heteroatoms. The molecule has 2 N–H and O–H groups in total. The Morgan fingerprint density at radius 3 is 2.44 bits per heavy atom. The molecule has 0 spiro atoms. The molecule has 5 nitrogen and oxygen atoms in total. The molecule has 0 saturated heterocycles. The zero-order valence-corrected chi connectivity index (χ0v) is 16.7. The number of aliphatic hydroxyl groups is 1. The number of hydrogen-bond donors (Lipinski definition) is 2. The van der Waals surface area contributed by atoms with Crippen molar-refractivity contribution < 1.29 is 15.0 Å². The second-order valence-electron chi connectivity index (χ2n) is 6.45. The van der Waals surface area contributed by atoms with Gasteiger partial charge in [0, 0.05) is 13.2 Å². The van der Waals surface area contributed by atoms with Crippen molar-refractivity contribution in [2.75, 3.05) is 6.61 Å². The third kappa shape index (κ3) is 8.69. The van der Waals surface area contributed by atoms with Gasteiger partial charge in [-0.2, -0.15) is 0 Å². The van der Waals surface area contributed by atoms with Crippen LogP contribution in [-0.4, -0.2) is 32.3 Å². The topological polar surface area (TPSA) is 75.4 Å². The lowest BCUT2D eigenvalue weighted by molar-refractivity contribution is -0.136. The van der Waals surface area contributed by atoms with Crippen LogP contribution in [0.25, 0.3) is 6.08 Å². The first kappa shape index (κ1) is 22.6. The van der Waals surface area contributed by atoms with Gasteiger partial charge in [-0.05, 0) is 38.3 Å². The fraction of sp³-hybridized carbons (Fsp3) is 0.455. The summed E-state index contributed by atoms with van der Waals surface area (Å²) in [6, 6.07) is 10.2. The molecule has 1 heterocycles. The largest absolute Gasteiger partial charge is 0.481 e. The number of aliphatic hydroxyl groups excluding tert-OH is 1. The molecule has 0 unspecified atom stereocenters. The highest BCUT2D eigenvalue weighted by Crippen LogP contribution is 2.19. The Labute approximate surface area is 162 Å². The van der Waals surface area contributed by atoms with Crippen LogP contribution in [0.2, 0.25) is 0 Å². The highest BCUT2D eigenvalue weighted by molar-refractivity contribution is 5.72. The van der Waals surface area contributed by atoms with Crippen molar-refractivity contribution in [3.05, 3.63) is 59.2 Å². The Kier molecular flexibility index (Phi) is 10.8. The van der Waals surface area contributed by atoms with E-state index < -0.39 is 5.97 Å². The van der Waals surface area contributed by atoms with Gasteiger partial charge in [0.1, 0.15) is 5.82 Å². The lowest BCUT2D eigenvalue weighted by Gasteiger charge is -2.10. The van der Waals surface area contributed by atoms with E-state index in [2.05, 4.69) is 28.6 Å². The molecule has 0 saturated carbocycles. The van der Waals surface area contributed by atoms with Crippen LogP contribution in [0.4, 0.5) is 0 Å². The molecular formula is C22H32N2O3. The Balaban J connectivity index is 0.00000114. The molecular weight excluding hydrogens is 340 g/mol. The molecule has 2 rings (SSSR count). The standard InChI is InChI=1S/C20H26N2O2.C2H6O/c1-3-4-6-11-18(13-20(23)24)12-19-14-21-16(2)22(19)15-17-9-7-5-8-10-17;1-2-3/h5,7-10,12,14H,3-4,6,11,13,15H2,1-2H3,(H,23,24);3H,2H2,1H3/b18-12+;. The van der Waals surface area contributed by atoms with Gasteiger partial charge in [-0.3, -0.25) is 4.79 Å². The lowest BCUT2D eigenvalue weighted by atomic mass is 10.0. The summed E-state index contributed by atoms with van der Waals surface area (Å²) in [5.74, 6) is 0.164. The van der Waals surface area contributed by atoms with Crippen LogP contribution in [0.15, 0.2) is 42.1 Å². The SMILES string of the molecule is CCCCC/C(=C\c1cnc(C)n1Cc1ccccc1)CC(=O)O.CCO. The fourth-order valence-corrected chi connectivity index (χ4v) is 2.79. The first-order valence-electron chi connectivity index (χ1n) is 9.59. The minimum Gasteiger partial charge on any atom is -0.481 e. The number of imidazole rings is 1. The van der Waals surface area contributed by atoms with E-state index in [-0.39, 0.29) is 13.0 Å². The summed E-state index contributed by atoms with van der Waals surface area (Å²) in [5.41, 5.74) is 3.15. The van der Waals surface area contributed by atoms with Gasteiger partial charge in [0.05, 0.1) is 18.3 Å². The first-order chi connectivity index (χ1) is 13.0. The molecule has 0 fully saturated rings. The number of rotatable bonds is 9. The average Bonchev–Trinajstić information content (AvgIpc) is 2.96. The van der Waals surface area contributed by atoms with Gasteiger partial charge in [-0.1, -0.05) is 55.7 Å². The summed E-state index contributed by atoms with van der Waals surface area (Å²) in [7, 11) is 0. The Hall–Kier alpha value is -2.40. The minimum atomic E-state index is -0.774. The predicted molar refractivity (Wildman–Crippen MR) is 110 cm³/mol. The van der Waals surface area contributed by atoms with Crippen LogP contribution in [-0.2, 0) is 11.3 Å². The fourth-order valence-electron chi connectivity index (χ4n) is 2.79. The summed E-state index contributed by atoms with van der Waals surface area (Å²) in [6.07, 6.45) is 8.05. The Morgan fingerprint density at radius 1 is 1.19 bits per heavy atom. The Morgan fingerprint density at radius 2 is 1.85 bits per heavy atom. The maximum Gasteiger partial charge on any atom is 0.307 e. The summed E-state index contributed by atoms with van der Waals surface area (Å²) < 4.78 is 2.14. The maximum absolute atomic E-state index is 11.2. The smallest absolute Gasteiger partial charge is 0.307 e. The molecule has 1 aromatic carbocycles. The van der Waals surface area contributed by atoms with Gasteiger partial charge in [0.15, 0.2) is 0 Å². The number of hydrogen-bond acceptors (Lipinski definition) is 3. The van der Waals surface area contributed by atoms with Crippen molar-refractivity contribution in [2.24, 2.45) is 0 Å². The molecule has 27 heavy (non-hydrogen) atoms. The van der Waals surface area contributed by atoms with Crippen molar-refractivity contribution in [3.8, 4) is 0 Å². The van der Waals surface area contributed by atoms with E-state index in [1.54, 1.807) is 6.92 Å². The number of carboxylic acid groups (broad SMARTS) is 1. The van der Waals surface area contributed by atoms with Gasteiger partial charge >= 0.3 is 5.97 Å². The van der Waals surface area contributed by atoms with Gasteiger partial charge < -0.3 is 14.8 Å². The van der Waals surface area contributed by atoms with Crippen molar-refractivity contribution in [2.45, 2.75) is 59.4 Å². The van der Waals surface area contributed by atoms with Crippen LogP contribution in [0, 0.1) is 6.92 Å². The molecule has 0 radical (unpaired) electrons. The number of unbranched alkanes of at least 4 members (excludes halogenated alkanes) is 2. The zero-order chi connectivity index (χ0) is 20.1. The summed E-state index contributed by atoms with van der Waals surface area (Å²) in [5, 5.41) is 16.7. The van der Waals surface area contributed by atoms with Gasteiger partial charge in [0.25, 0.3) is 0 Å². The van der Waals surface area contributed by atoms with Crippen LogP contribution in [0.5, 0.6) is 0 Å². The summed E-state index contributed by atoms with van der Waals surface area (Å²) in [6.45, 7) is 6.81. The van der Waals surface area contributed by atoms with Crippen LogP contribution in [0.1, 0.15) is 63.0 Å². The monoisotopic (exact) mass is 372 g/mol. The number of aromatic nitrogens is 2. The molecule has 0 amide bonds. The van der Waals surface area contributed by atoms with E-state index in [0.717, 1.165) is 49.3 Å². The van der Waals surface area contributed by atoms with E-state index in [1.165, 1.54) is 5.56 Å². The summed E-state index contributed by atoms with van der Waals surface area (Å²) >= 11 is 0. The highest BCUT2D eigenvalue weighted by Gasteiger charge is 2.09. The average molecular weight is 373 g/mol. The van der Waals surface area contributed by atoms with E-state index >= 15 is 0 Å². The normalized spacial score (nSPS) is 11.0. The number of nitrogens with zero attached hydrogens (tertiary/aromatic N) is 2. The second-order valence-corrected chi connectivity index (χ2v) is 6.45. The van der Waals surface area contributed by atoms with Gasteiger partial charge in [-0.15, -0.1) is 0 Å². The van der Waals surface area contributed by atoms with Crippen LogP contribution in [0.3, 0.4) is 0 Å². The number of carbonyl (C=O) groups is 1. The van der Waals surface area contributed by atoms with Crippen molar-refractivity contribution in [3.63, 3.8) is 0 Å². The lowest BCUT2D eigenvalue weighted by Crippen LogP contribution is -2.05. The number of aryl methyl sites for hydroxylation is 1. The van der Waals surface area contributed by atoms with Gasteiger partial charge in [-0.25, -0.2) is 4.98 Å². The predicted octanol–water partition coefficient (Wildman–Crippen LogP) is 4.68. The zero-order valence-electron chi connectivity index (χ0n) is 16.7. The number of aliphatic carboxylic acids is 1. The molecule has 1 aromatic heterocycles. The molecule has 0 aliphatic carbocycles.